The summed E-state index contributed by atoms with van der Waals surface area (Å²) < 4.78 is 1.49. The Balaban J connectivity index is 2.42. The second kappa shape index (κ2) is 5.64. The highest BCUT2D eigenvalue weighted by Crippen LogP contribution is 2.25. The summed E-state index contributed by atoms with van der Waals surface area (Å²) in [4.78, 5) is 24.6. The third kappa shape index (κ3) is 2.90. The number of nitrogens with zero attached hydrogens (tertiary/aromatic N) is 4. The van der Waals surface area contributed by atoms with Gasteiger partial charge < -0.3 is 10.1 Å². The molecule has 2 N–H and O–H groups in total. The van der Waals surface area contributed by atoms with Crippen molar-refractivity contribution in [2.24, 2.45) is 5.92 Å². The van der Waals surface area contributed by atoms with Gasteiger partial charge in [0.25, 0.3) is 0 Å². The van der Waals surface area contributed by atoms with Crippen LogP contribution in [0.5, 0.6) is 0 Å². The summed E-state index contributed by atoms with van der Waals surface area (Å²) in [6, 6.07) is 2.61. The Morgan fingerprint density at radius 2 is 2.20 bits per heavy atom. The molecule has 0 fully saturated rings. The number of hydrogen-bond donors (Lipinski definition) is 2. The lowest BCUT2D eigenvalue weighted by Gasteiger charge is -2.20. The van der Waals surface area contributed by atoms with Crippen LogP contribution in [-0.4, -0.2) is 36.3 Å². The Labute approximate surface area is 114 Å². The van der Waals surface area contributed by atoms with Gasteiger partial charge in [-0.2, -0.15) is 0 Å². The zero-order valence-corrected chi connectivity index (χ0v) is 11.1. The van der Waals surface area contributed by atoms with Crippen molar-refractivity contribution in [3.63, 3.8) is 0 Å². The van der Waals surface area contributed by atoms with Gasteiger partial charge in [-0.3, -0.25) is 9.59 Å². The number of hydrogen-bond acceptors (Lipinski definition) is 5. The molecule has 0 radical (unpaired) electrons. The molecule has 2 heterocycles. The van der Waals surface area contributed by atoms with E-state index in [1.165, 1.54) is 16.9 Å². The maximum absolute atomic E-state index is 11.1. The predicted molar refractivity (Wildman–Crippen MR) is 70.0 cm³/mol. The van der Waals surface area contributed by atoms with Gasteiger partial charge >= 0.3 is 5.97 Å². The number of carbonyl (C=O) groups is 1. The third-order valence-corrected chi connectivity index (χ3v) is 3.00. The summed E-state index contributed by atoms with van der Waals surface area (Å²) in [5.74, 6) is -0.427. The summed E-state index contributed by atoms with van der Waals surface area (Å²) in [7, 11) is 0. The lowest BCUT2D eigenvalue weighted by atomic mass is 10.0. The second-order valence-electron chi connectivity index (χ2n) is 4.80. The van der Waals surface area contributed by atoms with Crippen molar-refractivity contribution in [1.82, 2.24) is 25.2 Å². The third-order valence-electron chi connectivity index (χ3n) is 3.00. The fraction of sp³-hybridized carbons (Fsp3) is 0.417. The number of rotatable bonds is 5. The Bertz CT molecular complexity index is 641. The highest BCUT2D eigenvalue weighted by Gasteiger charge is 2.24. The number of aromatic amines is 1. The molecule has 1 unspecified atom stereocenters. The molecule has 0 aliphatic rings. The fourth-order valence-corrected chi connectivity index (χ4v) is 1.94. The minimum absolute atomic E-state index is 0.0520. The number of tetrazole rings is 1. The molecule has 8 heteroatoms. The first kappa shape index (κ1) is 13.9. The average molecular weight is 277 g/mol. The van der Waals surface area contributed by atoms with E-state index in [9.17, 15) is 9.59 Å². The lowest BCUT2D eigenvalue weighted by molar-refractivity contribution is -0.138. The normalized spacial score (nSPS) is 12.6. The largest absolute Gasteiger partial charge is 0.481 e. The van der Waals surface area contributed by atoms with Crippen LogP contribution in [0, 0.1) is 5.92 Å². The van der Waals surface area contributed by atoms with Crippen LogP contribution < -0.4 is 5.56 Å². The second-order valence-corrected chi connectivity index (χ2v) is 4.80. The van der Waals surface area contributed by atoms with Gasteiger partial charge in [0, 0.05) is 17.8 Å². The fourth-order valence-electron chi connectivity index (χ4n) is 1.94. The van der Waals surface area contributed by atoms with Gasteiger partial charge in [-0.25, -0.2) is 4.68 Å². The SMILES string of the molecule is CC(C)C(CC(=O)O)n1nnnc1-c1ccc(=O)[nH]c1. The number of nitrogens with one attached hydrogen (secondary N) is 1. The molecule has 0 amide bonds. The first-order valence-electron chi connectivity index (χ1n) is 6.18. The highest BCUT2D eigenvalue weighted by molar-refractivity contribution is 5.67. The molecule has 0 aliphatic carbocycles. The van der Waals surface area contributed by atoms with E-state index in [1.54, 1.807) is 6.07 Å². The van der Waals surface area contributed by atoms with Crippen LogP contribution in [0.15, 0.2) is 23.1 Å². The van der Waals surface area contributed by atoms with Crippen LogP contribution in [0.1, 0.15) is 26.3 Å². The number of carboxylic acids is 1. The molecule has 2 rings (SSSR count). The molecule has 8 nitrogen and oxygen atoms in total. The molecule has 0 saturated carbocycles. The average Bonchev–Trinajstić information content (AvgIpc) is 2.85. The quantitative estimate of drug-likeness (QED) is 0.831. The molecular weight excluding hydrogens is 262 g/mol. The molecule has 0 aliphatic heterocycles. The summed E-state index contributed by atoms with van der Waals surface area (Å²) in [6.07, 6.45) is 1.43. The van der Waals surface area contributed by atoms with Crippen molar-refractivity contribution >= 4 is 5.97 Å². The zero-order chi connectivity index (χ0) is 14.7. The van der Waals surface area contributed by atoms with Crippen LogP contribution in [0.3, 0.4) is 0 Å². The highest BCUT2D eigenvalue weighted by atomic mass is 16.4. The van der Waals surface area contributed by atoms with E-state index >= 15 is 0 Å². The summed E-state index contributed by atoms with van der Waals surface area (Å²) in [5.41, 5.74) is 0.407. The van der Waals surface area contributed by atoms with Gasteiger partial charge in [-0.15, -0.1) is 5.10 Å². The monoisotopic (exact) mass is 277 g/mol. The van der Waals surface area contributed by atoms with Crippen molar-refractivity contribution in [2.75, 3.05) is 0 Å². The first-order valence-corrected chi connectivity index (χ1v) is 6.18. The standard InChI is InChI=1S/C12H15N5O3/c1-7(2)9(5-11(19)20)17-12(14-15-16-17)8-3-4-10(18)13-6-8/h3-4,6-7,9H,5H2,1-2H3,(H,13,18)(H,19,20). The number of H-pyrrole nitrogens is 1. The van der Waals surface area contributed by atoms with E-state index in [0.29, 0.717) is 11.4 Å². The maximum atomic E-state index is 11.1. The topological polar surface area (TPSA) is 114 Å². The van der Waals surface area contributed by atoms with Crippen molar-refractivity contribution in [1.29, 1.82) is 0 Å². The van der Waals surface area contributed by atoms with E-state index < -0.39 is 5.97 Å². The first-order chi connectivity index (χ1) is 9.49. The summed E-state index contributed by atoms with van der Waals surface area (Å²) >= 11 is 0. The van der Waals surface area contributed by atoms with E-state index in [1.807, 2.05) is 13.8 Å². The lowest BCUT2D eigenvalue weighted by Crippen LogP contribution is -2.21. The molecule has 0 saturated heterocycles. The molecule has 0 spiro atoms. The number of aromatic nitrogens is 5. The number of carboxylic acid groups (broad SMARTS) is 1. The van der Waals surface area contributed by atoms with Gasteiger partial charge in [0.1, 0.15) is 0 Å². The van der Waals surface area contributed by atoms with Crippen LogP contribution in [0.4, 0.5) is 0 Å². The molecule has 0 bridgehead atoms. The van der Waals surface area contributed by atoms with E-state index in [2.05, 4.69) is 20.5 Å². The zero-order valence-electron chi connectivity index (χ0n) is 11.1. The molecule has 106 valence electrons. The van der Waals surface area contributed by atoms with Gasteiger partial charge in [0.15, 0.2) is 5.82 Å². The van der Waals surface area contributed by atoms with Gasteiger partial charge in [0.05, 0.1) is 12.5 Å². The van der Waals surface area contributed by atoms with Crippen LogP contribution >= 0.6 is 0 Å². The van der Waals surface area contributed by atoms with E-state index in [0.717, 1.165) is 0 Å². The molecule has 0 aromatic carbocycles. The Hall–Kier alpha value is -2.51. The van der Waals surface area contributed by atoms with Crippen molar-refractivity contribution in [2.45, 2.75) is 26.3 Å². The van der Waals surface area contributed by atoms with Crippen molar-refractivity contribution in [3.05, 3.63) is 28.7 Å². The van der Waals surface area contributed by atoms with Crippen LogP contribution in [0.2, 0.25) is 0 Å². The van der Waals surface area contributed by atoms with Crippen LogP contribution in [-0.2, 0) is 4.79 Å². The minimum Gasteiger partial charge on any atom is -0.481 e. The smallest absolute Gasteiger partial charge is 0.305 e. The van der Waals surface area contributed by atoms with Crippen LogP contribution in [0.25, 0.3) is 11.4 Å². The molecule has 2 aromatic heterocycles. The minimum atomic E-state index is -0.911. The van der Waals surface area contributed by atoms with E-state index in [-0.39, 0.29) is 23.9 Å². The molecule has 20 heavy (non-hydrogen) atoms. The van der Waals surface area contributed by atoms with Gasteiger partial charge in [-0.05, 0) is 22.4 Å². The number of aliphatic carboxylic acids is 1. The van der Waals surface area contributed by atoms with E-state index in [4.69, 9.17) is 5.11 Å². The molecular formula is C12H15N5O3. The van der Waals surface area contributed by atoms with Crippen molar-refractivity contribution in [3.8, 4) is 11.4 Å². The summed E-state index contributed by atoms with van der Waals surface area (Å²) in [6.45, 7) is 3.82. The van der Waals surface area contributed by atoms with Gasteiger partial charge in [-0.1, -0.05) is 13.8 Å². The maximum Gasteiger partial charge on any atom is 0.305 e. The molecule has 1 atom stereocenters. The Morgan fingerprint density at radius 3 is 2.75 bits per heavy atom. The Morgan fingerprint density at radius 1 is 1.45 bits per heavy atom. The summed E-state index contributed by atoms with van der Waals surface area (Å²) in [5, 5.41) is 20.4. The molecule has 2 aromatic rings. The Kier molecular flexibility index (Phi) is 3.92. The number of pyridine rings is 1. The van der Waals surface area contributed by atoms with Crippen molar-refractivity contribution < 1.29 is 9.90 Å². The van der Waals surface area contributed by atoms with Gasteiger partial charge in [0.2, 0.25) is 5.56 Å². The predicted octanol–water partition coefficient (Wildman–Crippen LogP) is 0.700.